The van der Waals surface area contributed by atoms with Crippen molar-refractivity contribution in [2.45, 2.75) is 118 Å². The maximum atomic E-state index is 14.0. The molecule has 0 saturated carbocycles. The predicted octanol–water partition coefficient (Wildman–Crippen LogP) is 4.36. The van der Waals surface area contributed by atoms with Gasteiger partial charge >= 0.3 is 0 Å². The number of rotatable bonds is 22. The Labute approximate surface area is 456 Å². The van der Waals surface area contributed by atoms with Crippen LogP contribution in [-0.4, -0.2) is 139 Å². The molecule has 0 radical (unpaired) electrons. The fourth-order valence-corrected chi connectivity index (χ4v) is 10.6. The van der Waals surface area contributed by atoms with E-state index in [2.05, 4.69) is 54.3 Å². The molecule has 0 spiro atoms. The van der Waals surface area contributed by atoms with E-state index >= 15 is 0 Å². The molecule has 418 valence electrons. The maximum Gasteiger partial charge on any atom is 0.276 e. The molecule has 25 heteroatoms. The molecule has 0 unspecified atom stereocenters. The number of primary amides is 2. The number of nitrogens with zero attached hydrogens (tertiary/aromatic N) is 13. The highest BCUT2D eigenvalue weighted by atomic mass is 16.5. The largest absolute Gasteiger partial charge is 0.494 e. The van der Waals surface area contributed by atoms with Crippen LogP contribution in [0, 0.1) is 19.8 Å². The van der Waals surface area contributed by atoms with Crippen LogP contribution in [-0.2, 0) is 44.1 Å². The van der Waals surface area contributed by atoms with E-state index in [1.165, 1.54) is 19.2 Å². The molecule has 7 aromatic rings. The number of amides is 5. The third-order valence-corrected chi connectivity index (χ3v) is 14.4. The van der Waals surface area contributed by atoms with Crippen molar-refractivity contribution in [2.24, 2.45) is 23.1 Å². The summed E-state index contributed by atoms with van der Waals surface area (Å²) in [5.41, 5.74) is 21.9. The zero-order valence-electron chi connectivity index (χ0n) is 45.9. The topological polar surface area (TPSA) is 314 Å². The van der Waals surface area contributed by atoms with Crippen molar-refractivity contribution in [2.75, 3.05) is 50.5 Å². The van der Waals surface area contributed by atoms with Gasteiger partial charge in [-0.25, -0.2) is 9.97 Å². The number of nitrogens with two attached hydrogens (primary N) is 3. The van der Waals surface area contributed by atoms with E-state index in [0.29, 0.717) is 114 Å². The van der Waals surface area contributed by atoms with E-state index in [1.807, 2.05) is 32.9 Å². The van der Waals surface area contributed by atoms with Crippen molar-refractivity contribution in [1.29, 1.82) is 0 Å². The minimum absolute atomic E-state index is 0.0412. The van der Waals surface area contributed by atoms with Crippen LogP contribution in [0.3, 0.4) is 0 Å². The Morgan fingerprint density at radius 2 is 1.29 bits per heavy atom. The van der Waals surface area contributed by atoms with Crippen LogP contribution >= 0.6 is 0 Å². The monoisotopic (exact) mass is 1080 g/mol. The van der Waals surface area contributed by atoms with Crippen molar-refractivity contribution in [3.63, 3.8) is 0 Å². The molecule has 0 bridgehead atoms. The number of carbonyl (C=O) groups excluding carboxylic acids is 5. The Morgan fingerprint density at radius 3 is 1.81 bits per heavy atom. The second kappa shape index (κ2) is 23.7. The SMILES string of the molecule is CCn1nc(C)cc1C(=O)Nc1nc2cc(C(N)=O)cc(OC)c2n1C/C=C/Cn1c(NC(=O)c2cc(C)nn2CC)nc2cc(C(N)=O)cc(OCCCN3CCC(c4nnc5n4CCN(C(=O)[C@@H](N)CC(C)C)C5)CC3)c21. The lowest BCUT2D eigenvalue weighted by Gasteiger charge is -2.33. The number of hydrogen-bond donors (Lipinski definition) is 5. The molecule has 25 nitrogen and oxygen atoms in total. The highest BCUT2D eigenvalue weighted by molar-refractivity contribution is 6.05. The molecule has 1 atom stereocenters. The van der Waals surface area contributed by atoms with Gasteiger partial charge in [0.25, 0.3) is 11.8 Å². The first-order chi connectivity index (χ1) is 37.9. The molecule has 8 N–H and O–H groups in total. The lowest BCUT2D eigenvalue weighted by atomic mass is 9.95. The second-order valence-electron chi connectivity index (χ2n) is 20.5. The number of anilines is 2. The summed E-state index contributed by atoms with van der Waals surface area (Å²) >= 11 is 0. The molecule has 5 aromatic heterocycles. The highest BCUT2D eigenvalue weighted by Crippen LogP contribution is 2.34. The normalized spacial score (nSPS) is 14.6. The van der Waals surface area contributed by atoms with Crippen LogP contribution < -0.4 is 37.3 Å². The van der Waals surface area contributed by atoms with Crippen molar-refractivity contribution in [3.8, 4) is 11.5 Å². The molecule has 7 heterocycles. The van der Waals surface area contributed by atoms with Gasteiger partial charge in [-0.15, -0.1) is 10.2 Å². The Kier molecular flexibility index (Phi) is 16.6. The Balaban J connectivity index is 0.942. The number of allylic oxidation sites excluding steroid dienone is 2. The number of imidazole rings is 2. The number of piperidine rings is 1. The minimum atomic E-state index is -0.676. The van der Waals surface area contributed by atoms with E-state index in [-0.39, 0.29) is 47.9 Å². The van der Waals surface area contributed by atoms with Crippen molar-refractivity contribution >= 4 is 63.5 Å². The third kappa shape index (κ3) is 11.9. The number of hydrogen-bond acceptors (Lipinski definition) is 15. The molecule has 79 heavy (non-hydrogen) atoms. The van der Waals surface area contributed by atoms with Gasteiger partial charge in [0.2, 0.25) is 29.6 Å². The van der Waals surface area contributed by atoms with Gasteiger partial charge in [0.15, 0.2) is 5.82 Å². The van der Waals surface area contributed by atoms with E-state index in [9.17, 15) is 24.0 Å². The summed E-state index contributed by atoms with van der Waals surface area (Å²) in [5.74, 6) is 1.07. The quantitative estimate of drug-likeness (QED) is 0.0465. The molecule has 2 aliphatic rings. The lowest BCUT2D eigenvalue weighted by molar-refractivity contribution is -0.134. The molecule has 9 rings (SSSR count). The average molecular weight is 1080 g/mol. The first-order valence-electron chi connectivity index (χ1n) is 26.8. The van der Waals surface area contributed by atoms with E-state index in [0.717, 1.165) is 44.1 Å². The average Bonchev–Trinajstić information content (AvgIpc) is 4.43. The minimum Gasteiger partial charge on any atom is -0.494 e. The summed E-state index contributed by atoms with van der Waals surface area (Å²) in [6.07, 6.45) is 6.83. The second-order valence-corrected chi connectivity index (χ2v) is 20.5. The highest BCUT2D eigenvalue weighted by Gasteiger charge is 2.32. The van der Waals surface area contributed by atoms with Crippen LogP contribution in [0.2, 0.25) is 0 Å². The number of aromatic nitrogens is 11. The molecule has 0 aliphatic carbocycles. The summed E-state index contributed by atoms with van der Waals surface area (Å²) in [6, 6.07) is 9.09. The first kappa shape index (κ1) is 55.3. The van der Waals surface area contributed by atoms with E-state index in [4.69, 9.17) is 36.6 Å². The van der Waals surface area contributed by atoms with Crippen LogP contribution in [0.1, 0.15) is 124 Å². The summed E-state index contributed by atoms with van der Waals surface area (Å²) in [6.45, 7) is 17.1. The molecule has 1 fully saturated rings. The summed E-state index contributed by atoms with van der Waals surface area (Å²) in [5, 5.41) is 23.9. The molecular formula is C54H70N18O7. The molecular weight excluding hydrogens is 1010 g/mol. The van der Waals surface area contributed by atoms with Crippen molar-refractivity contribution in [1.82, 2.24) is 63.2 Å². The standard InChI is InChI=1S/C54H70N18O7/c1-8-71-40(24-32(5)64-71)50(75)60-53-58-38-26-35(47(56)73)28-42(78-7)45(38)69(53)16-10-11-17-70-46-39(59-54(70)61-51(76)41-25-33(6)65-72(41)9-2)27-36(48(57)74)29-43(46)79-22-12-15-66-18-13-34(14-19-66)49-63-62-44-30-67(20-21-68(44)49)52(77)37(55)23-31(3)4/h10-11,24-29,31,34,37H,8-9,12-23,30,55H2,1-7H3,(H2,56,73)(H2,57,74)(H,58,60,75)(H,59,61,76)/b11-10+/t37-/m0/s1. The van der Waals surface area contributed by atoms with Crippen LogP contribution in [0.25, 0.3) is 22.1 Å². The fraction of sp³-hybridized carbons (Fsp3) is 0.463. The zero-order chi connectivity index (χ0) is 56.2. The van der Waals surface area contributed by atoms with Crippen LogP contribution in [0.5, 0.6) is 11.5 Å². The van der Waals surface area contributed by atoms with Gasteiger partial charge in [-0.2, -0.15) is 10.2 Å². The van der Waals surface area contributed by atoms with Crippen molar-refractivity contribution in [3.05, 3.63) is 94.1 Å². The Morgan fingerprint density at radius 1 is 0.747 bits per heavy atom. The molecule has 2 aromatic carbocycles. The third-order valence-electron chi connectivity index (χ3n) is 14.4. The van der Waals surface area contributed by atoms with Gasteiger partial charge < -0.3 is 50.2 Å². The number of methoxy groups -OCH3 is 1. The number of carbonyl (C=O) groups is 5. The van der Waals surface area contributed by atoms with Gasteiger partial charge in [-0.1, -0.05) is 26.0 Å². The van der Waals surface area contributed by atoms with Crippen LogP contribution in [0.4, 0.5) is 11.9 Å². The molecule has 1 saturated heterocycles. The number of nitrogens with one attached hydrogen (secondary N) is 2. The number of fused-ring (bicyclic) bond motifs is 3. The van der Waals surface area contributed by atoms with Gasteiger partial charge in [-0.05, 0) is 109 Å². The van der Waals surface area contributed by atoms with E-state index in [1.54, 1.807) is 54.6 Å². The fourth-order valence-electron chi connectivity index (χ4n) is 10.6. The smallest absolute Gasteiger partial charge is 0.276 e. The summed E-state index contributed by atoms with van der Waals surface area (Å²) < 4.78 is 21.2. The van der Waals surface area contributed by atoms with Crippen LogP contribution in [0.15, 0.2) is 48.6 Å². The predicted molar refractivity (Wildman–Crippen MR) is 295 cm³/mol. The van der Waals surface area contributed by atoms with E-state index < -0.39 is 29.7 Å². The number of aryl methyl sites for hydroxylation is 4. The van der Waals surface area contributed by atoms with Gasteiger partial charge in [0.1, 0.15) is 39.7 Å². The Hall–Kier alpha value is -8.45. The van der Waals surface area contributed by atoms with Gasteiger partial charge in [0.05, 0.1) is 48.7 Å². The van der Waals surface area contributed by atoms with Crippen molar-refractivity contribution < 1.29 is 33.4 Å². The Bertz CT molecular complexity index is 3460. The first-order valence-corrected chi connectivity index (χ1v) is 26.8. The van der Waals surface area contributed by atoms with Gasteiger partial charge in [0, 0.05) is 62.9 Å². The maximum absolute atomic E-state index is 14.0. The zero-order valence-corrected chi connectivity index (χ0v) is 45.9. The number of ether oxygens (including phenoxy) is 2. The molecule has 5 amide bonds. The molecule has 2 aliphatic heterocycles. The van der Waals surface area contributed by atoms with Gasteiger partial charge in [-0.3, -0.25) is 44.0 Å². The summed E-state index contributed by atoms with van der Waals surface area (Å²) in [4.78, 5) is 79.9. The summed E-state index contributed by atoms with van der Waals surface area (Å²) in [7, 11) is 1.47. The number of likely N-dealkylation sites (tertiary alicyclic amines) is 1. The number of benzene rings is 2. The lowest BCUT2D eigenvalue weighted by Crippen LogP contribution is -2.47.